The van der Waals surface area contributed by atoms with Gasteiger partial charge in [0, 0.05) is 19.3 Å². The molecule has 1 unspecified atom stereocenters. The molecule has 0 aliphatic rings. The summed E-state index contributed by atoms with van der Waals surface area (Å²) in [6.45, 7) is 6.63. The molecule has 0 saturated heterocycles. The van der Waals surface area contributed by atoms with Crippen LogP contribution in [0.3, 0.4) is 0 Å². The van der Waals surface area contributed by atoms with Gasteiger partial charge < -0.3 is 14.2 Å². The first-order valence-corrected chi connectivity index (χ1v) is 33.5. The van der Waals surface area contributed by atoms with Gasteiger partial charge in [-0.3, -0.25) is 14.4 Å². The highest BCUT2D eigenvalue weighted by atomic mass is 16.6. The van der Waals surface area contributed by atoms with Crippen molar-refractivity contribution in [1.82, 2.24) is 0 Å². The van der Waals surface area contributed by atoms with E-state index in [1.165, 1.54) is 244 Å². The topological polar surface area (TPSA) is 78.9 Å². The normalized spacial score (nSPS) is 12.2. The van der Waals surface area contributed by atoms with Gasteiger partial charge in [-0.05, 0) is 70.6 Å². The third-order valence-corrected chi connectivity index (χ3v) is 15.1. The molecule has 0 amide bonds. The zero-order chi connectivity index (χ0) is 54.3. The van der Waals surface area contributed by atoms with Crippen LogP contribution in [-0.4, -0.2) is 37.2 Å². The highest BCUT2D eigenvalue weighted by molar-refractivity contribution is 5.71. The number of allylic oxidation sites excluding steroid dienone is 6. The van der Waals surface area contributed by atoms with Gasteiger partial charge in [0.25, 0.3) is 0 Å². The molecule has 0 saturated carbocycles. The Morgan fingerprint density at radius 2 is 0.507 bits per heavy atom. The largest absolute Gasteiger partial charge is 0.462 e. The van der Waals surface area contributed by atoms with E-state index in [1.807, 2.05) is 0 Å². The Morgan fingerprint density at radius 1 is 0.267 bits per heavy atom. The first kappa shape index (κ1) is 72.6. The molecule has 0 aromatic carbocycles. The molecule has 0 bridgehead atoms. The van der Waals surface area contributed by atoms with Gasteiger partial charge in [0.05, 0.1) is 0 Å². The van der Waals surface area contributed by atoms with Crippen LogP contribution < -0.4 is 0 Å². The van der Waals surface area contributed by atoms with E-state index in [-0.39, 0.29) is 31.1 Å². The lowest BCUT2D eigenvalue weighted by Crippen LogP contribution is -2.30. The van der Waals surface area contributed by atoms with Crippen LogP contribution in [0.1, 0.15) is 367 Å². The highest BCUT2D eigenvalue weighted by Crippen LogP contribution is 2.18. The number of carbonyl (C=O) groups is 3. The predicted octanol–water partition coefficient (Wildman–Crippen LogP) is 22.8. The zero-order valence-corrected chi connectivity index (χ0v) is 50.6. The minimum atomic E-state index is -0.776. The van der Waals surface area contributed by atoms with Crippen molar-refractivity contribution < 1.29 is 28.6 Å². The maximum absolute atomic E-state index is 12.9. The number of esters is 3. The highest BCUT2D eigenvalue weighted by Gasteiger charge is 2.19. The van der Waals surface area contributed by atoms with Crippen LogP contribution in [0.4, 0.5) is 0 Å². The van der Waals surface area contributed by atoms with Gasteiger partial charge >= 0.3 is 17.9 Å². The van der Waals surface area contributed by atoms with Crippen molar-refractivity contribution in [3.8, 4) is 0 Å². The van der Waals surface area contributed by atoms with Crippen molar-refractivity contribution in [1.29, 1.82) is 0 Å². The number of ether oxygens (including phenoxy) is 3. The van der Waals surface area contributed by atoms with Crippen molar-refractivity contribution in [2.45, 2.75) is 374 Å². The Morgan fingerprint density at radius 3 is 0.800 bits per heavy atom. The van der Waals surface area contributed by atoms with Gasteiger partial charge in [0.2, 0.25) is 0 Å². The molecular weight excluding hydrogens is 925 g/mol. The van der Waals surface area contributed by atoms with Gasteiger partial charge in [-0.15, -0.1) is 0 Å². The summed E-state index contributed by atoms with van der Waals surface area (Å²) >= 11 is 0. The summed E-state index contributed by atoms with van der Waals surface area (Å²) in [4.78, 5) is 38.3. The molecule has 0 N–H and O–H groups in total. The fourth-order valence-corrected chi connectivity index (χ4v) is 10.1. The van der Waals surface area contributed by atoms with Crippen molar-refractivity contribution >= 4 is 17.9 Å². The van der Waals surface area contributed by atoms with Crippen LogP contribution in [0.2, 0.25) is 0 Å². The lowest BCUT2D eigenvalue weighted by molar-refractivity contribution is -0.167. The van der Waals surface area contributed by atoms with Crippen molar-refractivity contribution in [2.24, 2.45) is 0 Å². The molecule has 0 aromatic rings. The SMILES string of the molecule is CCC/C=C\C/C=C\CCCCCCCC(=O)OCC(COC(=O)CCCCCCCCCCCCCCC/C=C\CCCCCCCCCC)OC(=O)CCCCCCCCCCCCCCCCCCCCC. The lowest BCUT2D eigenvalue weighted by Gasteiger charge is -2.18. The van der Waals surface area contributed by atoms with Crippen LogP contribution >= 0.6 is 0 Å². The number of carbonyl (C=O) groups excluding carboxylic acids is 3. The lowest BCUT2D eigenvalue weighted by atomic mass is 10.0. The molecule has 0 aromatic heterocycles. The molecule has 6 nitrogen and oxygen atoms in total. The van der Waals surface area contributed by atoms with Crippen LogP contribution in [0, 0.1) is 0 Å². The molecule has 0 spiro atoms. The summed E-state index contributed by atoms with van der Waals surface area (Å²) in [6, 6.07) is 0. The summed E-state index contributed by atoms with van der Waals surface area (Å²) in [7, 11) is 0. The number of hydrogen-bond acceptors (Lipinski definition) is 6. The predicted molar refractivity (Wildman–Crippen MR) is 326 cm³/mol. The fraction of sp³-hybridized carbons (Fsp3) is 0.870. The summed E-state index contributed by atoms with van der Waals surface area (Å²) in [5.41, 5.74) is 0. The van der Waals surface area contributed by atoms with E-state index >= 15 is 0 Å². The smallest absolute Gasteiger partial charge is 0.306 e. The molecule has 0 radical (unpaired) electrons. The number of unbranched alkanes of at least 4 members (excludes halogenated alkanes) is 45. The van der Waals surface area contributed by atoms with Crippen LogP contribution in [0.15, 0.2) is 36.5 Å². The Kier molecular flexibility index (Phi) is 62.1. The zero-order valence-electron chi connectivity index (χ0n) is 50.6. The van der Waals surface area contributed by atoms with E-state index in [1.54, 1.807) is 0 Å². The molecular formula is C69H128O6. The van der Waals surface area contributed by atoms with E-state index in [4.69, 9.17) is 14.2 Å². The Bertz CT molecular complexity index is 1250. The summed E-state index contributed by atoms with van der Waals surface area (Å²) in [5.74, 6) is -0.861. The second-order valence-corrected chi connectivity index (χ2v) is 22.7. The molecule has 1 atom stereocenters. The van der Waals surface area contributed by atoms with Crippen molar-refractivity contribution in [2.75, 3.05) is 13.2 Å². The molecule has 0 fully saturated rings. The van der Waals surface area contributed by atoms with Gasteiger partial charge in [0.1, 0.15) is 13.2 Å². The van der Waals surface area contributed by atoms with Crippen LogP contribution in [-0.2, 0) is 28.6 Å². The molecule has 6 heteroatoms. The Hall–Kier alpha value is -2.37. The van der Waals surface area contributed by atoms with E-state index in [9.17, 15) is 14.4 Å². The number of hydrogen-bond donors (Lipinski definition) is 0. The molecule has 0 aliphatic heterocycles. The van der Waals surface area contributed by atoms with Crippen molar-refractivity contribution in [3.63, 3.8) is 0 Å². The first-order chi connectivity index (χ1) is 37.0. The molecule has 0 rings (SSSR count). The Balaban J connectivity index is 4.24. The average Bonchev–Trinajstić information content (AvgIpc) is 3.41. The molecule has 440 valence electrons. The maximum atomic E-state index is 12.9. The quantitative estimate of drug-likeness (QED) is 0.0261. The fourth-order valence-electron chi connectivity index (χ4n) is 10.1. The average molecular weight is 1050 g/mol. The van der Waals surface area contributed by atoms with Crippen molar-refractivity contribution in [3.05, 3.63) is 36.5 Å². The van der Waals surface area contributed by atoms with E-state index in [0.29, 0.717) is 19.3 Å². The maximum Gasteiger partial charge on any atom is 0.306 e. The van der Waals surface area contributed by atoms with E-state index in [2.05, 4.69) is 57.2 Å². The minimum absolute atomic E-state index is 0.0721. The third-order valence-electron chi connectivity index (χ3n) is 15.1. The van der Waals surface area contributed by atoms with Crippen LogP contribution in [0.25, 0.3) is 0 Å². The van der Waals surface area contributed by atoms with E-state index < -0.39 is 6.10 Å². The standard InChI is InChI=1S/C69H128O6/c1-4-7-10-13-16-19-22-25-27-29-31-32-33-34-35-36-38-39-41-44-47-50-53-56-59-62-68(71)74-65-66(64-73-67(70)61-58-55-52-49-46-43-24-21-18-15-12-9-6-3)75-69(72)63-60-57-54-51-48-45-42-40-37-30-28-26-23-20-17-14-11-8-5-2/h12,15,21,24,29,31,66H,4-11,13-14,16-20,22-23,25-28,30,32-65H2,1-3H3/b15-12-,24-21-,31-29-. The van der Waals surface area contributed by atoms with Gasteiger partial charge in [-0.25, -0.2) is 0 Å². The summed E-state index contributed by atoms with van der Waals surface area (Å²) in [5, 5.41) is 0. The Labute approximate surface area is 467 Å². The van der Waals surface area contributed by atoms with Gasteiger partial charge in [-0.2, -0.15) is 0 Å². The second-order valence-electron chi connectivity index (χ2n) is 22.7. The molecule has 0 aliphatic carbocycles. The molecule has 75 heavy (non-hydrogen) atoms. The molecule has 0 heterocycles. The summed E-state index contributed by atoms with van der Waals surface area (Å²) < 4.78 is 16.9. The summed E-state index contributed by atoms with van der Waals surface area (Å²) in [6.07, 6.45) is 78.8. The van der Waals surface area contributed by atoms with E-state index in [0.717, 1.165) is 83.5 Å². The third kappa shape index (κ3) is 62.4. The van der Waals surface area contributed by atoms with Crippen LogP contribution in [0.5, 0.6) is 0 Å². The van der Waals surface area contributed by atoms with Gasteiger partial charge in [-0.1, -0.05) is 314 Å². The minimum Gasteiger partial charge on any atom is -0.462 e. The van der Waals surface area contributed by atoms with Gasteiger partial charge in [0.15, 0.2) is 6.10 Å². The second kappa shape index (κ2) is 64.2. The number of rotatable bonds is 62. The monoisotopic (exact) mass is 1050 g/mol. The first-order valence-electron chi connectivity index (χ1n) is 33.5.